The maximum Gasteiger partial charge on any atom is 0.351 e. The van der Waals surface area contributed by atoms with Crippen LogP contribution in [0.5, 0.6) is 0 Å². The number of aliphatic imine (C=N–C) groups is 1. The zero-order valence-corrected chi connectivity index (χ0v) is 22.8. The van der Waals surface area contributed by atoms with Crippen LogP contribution >= 0.6 is 0 Å². The van der Waals surface area contributed by atoms with Crippen LogP contribution < -0.4 is 0 Å². The molecule has 202 valence electrons. The molecule has 2 unspecified atom stereocenters. The summed E-state index contributed by atoms with van der Waals surface area (Å²) in [7, 11) is 0. The highest BCUT2D eigenvalue weighted by molar-refractivity contribution is 6.41. The van der Waals surface area contributed by atoms with E-state index in [0.29, 0.717) is 18.9 Å². The standard InChI is InChI=1S/C34H32N2O4/c1-21-29-28(18-26-25-16-10-11-17-27(25)35-30(21)26)36-31(32(37)38)34(29,3)22(2)33(39-19-23-12-6-4-7-13-23)40-20-24-14-8-5-9-15-24/h4-18,22,33,35H,19-20H2,1-3H3,(H,37,38). The molecular weight excluding hydrogens is 500 g/mol. The number of carboxylic acids is 1. The van der Waals surface area contributed by atoms with Gasteiger partial charge in [0, 0.05) is 27.7 Å². The van der Waals surface area contributed by atoms with Gasteiger partial charge < -0.3 is 19.6 Å². The van der Waals surface area contributed by atoms with Crippen LogP contribution in [0, 0.1) is 12.8 Å². The second-order valence-electron chi connectivity index (χ2n) is 10.7. The third-order valence-corrected chi connectivity index (χ3v) is 8.31. The van der Waals surface area contributed by atoms with E-state index in [4.69, 9.17) is 14.5 Å². The third-order valence-electron chi connectivity index (χ3n) is 8.31. The number of hydrogen-bond acceptors (Lipinski definition) is 4. The Hall–Kier alpha value is -4.26. The summed E-state index contributed by atoms with van der Waals surface area (Å²) in [6.45, 7) is 6.69. The monoisotopic (exact) mass is 532 g/mol. The van der Waals surface area contributed by atoms with Crippen LogP contribution in [-0.4, -0.2) is 28.1 Å². The van der Waals surface area contributed by atoms with Gasteiger partial charge in [0.15, 0.2) is 6.29 Å². The van der Waals surface area contributed by atoms with E-state index < -0.39 is 17.7 Å². The number of rotatable bonds is 9. The second-order valence-corrected chi connectivity index (χ2v) is 10.7. The number of nitrogens with zero attached hydrogens (tertiary/aromatic N) is 1. The van der Waals surface area contributed by atoms with E-state index in [1.54, 1.807) is 0 Å². The number of carboxylic acid groups (broad SMARTS) is 1. The molecule has 0 aliphatic carbocycles. The van der Waals surface area contributed by atoms with E-state index in [2.05, 4.69) is 17.1 Å². The van der Waals surface area contributed by atoms with Crippen molar-refractivity contribution >= 4 is 39.2 Å². The van der Waals surface area contributed by atoms with Crippen LogP contribution in [0.1, 0.15) is 36.1 Å². The first-order chi connectivity index (χ1) is 19.4. The lowest BCUT2D eigenvalue weighted by molar-refractivity contribution is -0.190. The number of H-pyrrole nitrogens is 1. The number of aliphatic carboxylic acids is 1. The van der Waals surface area contributed by atoms with Crippen molar-refractivity contribution < 1.29 is 19.4 Å². The normalized spacial score (nSPS) is 17.4. The zero-order valence-electron chi connectivity index (χ0n) is 22.8. The highest BCUT2D eigenvalue weighted by atomic mass is 16.7. The fraction of sp³-hybridized carbons (Fsp3) is 0.235. The van der Waals surface area contributed by atoms with Crippen molar-refractivity contribution in [1.29, 1.82) is 0 Å². The Balaban J connectivity index is 1.43. The molecule has 0 saturated carbocycles. The number of ether oxygens (including phenoxy) is 2. The lowest BCUT2D eigenvalue weighted by atomic mass is 9.68. The highest BCUT2D eigenvalue weighted by Gasteiger charge is 2.51. The Kier molecular flexibility index (Phi) is 6.74. The number of fused-ring (bicyclic) bond motifs is 4. The van der Waals surface area contributed by atoms with Gasteiger partial charge in [0.1, 0.15) is 5.71 Å². The SMILES string of the molecule is Cc1c2c(cc3c1[nH]c1ccccc13)N=C(C(=O)O)C2(C)C(C)C(OCc1ccccc1)OCc1ccccc1. The van der Waals surface area contributed by atoms with Gasteiger partial charge in [-0.3, -0.25) is 0 Å². The fourth-order valence-electron chi connectivity index (χ4n) is 6.06. The van der Waals surface area contributed by atoms with Crippen LogP contribution in [0.15, 0.2) is 96.0 Å². The molecule has 1 aliphatic heterocycles. The summed E-state index contributed by atoms with van der Waals surface area (Å²) in [6.07, 6.45) is -0.696. The van der Waals surface area contributed by atoms with Crippen molar-refractivity contribution in [2.75, 3.05) is 0 Å². The molecule has 2 atom stereocenters. The van der Waals surface area contributed by atoms with Crippen molar-refractivity contribution in [3.63, 3.8) is 0 Å². The molecular formula is C34H32N2O4. The molecule has 0 bridgehead atoms. The van der Waals surface area contributed by atoms with Gasteiger partial charge in [0.05, 0.1) is 24.3 Å². The number of benzene rings is 4. The third kappa shape index (κ3) is 4.39. The molecule has 1 aliphatic rings. The molecule has 6 nitrogen and oxygen atoms in total. The summed E-state index contributed by atoms with van der Waals surface area (Å²) in [6, 6.07) is 30.0. The Morgan fingerprint density at radius 1 is 0.900 bits per heavy atom. The van der Waals surface area contributed by atoms with Crippen LogP contribution in [0.2, 0.25) is 0 Å². The molecule has 4 aromatic carbocycles. The summed E-state index contributed by atoms with van der Waals surface area (Å²) in [4.78, 5) is 21.0. The number of aromatic nitrogens is 1. The number of hydrogen-bond donors (Lipinski definition) is 2. The van der Waals surface area contributed by atoms with Gasteiger partial charge in [-0.15, -0.1) is 0 Å². The first-order valence-corrected chi connectivity index (χ1v) is 13.6. The molecule has 6 rings (SSSR count). The number of carbonyl (C=O) groups is 1. The summed E-state index contributed by atoms with van der Waals surface area (Å²) >= 11 is 0. The van der Waals surface area contributed by atoms with E-state index in [1.165, 1.54) is 0 Å². The Bertz CT molecular complexity index is 1680. The Labute approximate surface area is 233 Å². The summed E-state index contributed by atoms with van der Waals surface area (Å²) in [5.74, 6) is -1.42. The number of nitrogens with one attached hydrogen (secondary N) is 1. The quantitative estimate of drug-likeness (QED) is 0.193. The molecule has 40 heavy (non-hydrogen) atoms. The second kappa shape index (κ2) is 10.4. The summed E-state index contributed by atoms with van der Waals surface area (Å²) in [5.41, 5.74) is 5.78. The highest BCUT2D eigenvalue weighted by Crippen LogP contribution is 2.51. The Morgan fingerprint density at radius 2 is 1.48 bits per heavy atom. The molecule has 0 saturated heterocycles. The summed E-state index contributed by atoms with van der Waals surface area (Å²) < 4.78 is 12.9. The Morgan fingerprint density at radius 3 is 2.08 bits per heavy atom. The van der Waals surface area contributed by atoms with E-state index in [9.17, 15) is 9.90 Å². The minimum Gasteiger partial charge on any atom is -0.477 e. The molecule has 6 heteroatoms. The van der Waals surface area contributed by atoms with Gasteiger partial charge in [0.25, 0.3) is 0 Å². The maximum absolute atomic E-state index is 12.7. The molecule has 2 heterocycles. The van der Waals surface area contributed by atoms with Gasteiger partial charge in [-0.25, -0.2) is 9.79 Å². The average molecular weight is 533 g/mol. The molecule has 0 amide bonds. The average Bonchev–Trinajstić information content (AvgIpc) is 3.50. The number of aromatic amines is 1. The van der Waals surface area contributed by atoms with Crippen molar-refractivity contribution in [2.45, 2.75) is 45.7 Å². The summed E-state index contributed by atoms with van der Waals surface area (Å²) in [5, 5.41) is 12.5. The largest absolute Gasteiger partial charge is 0.477 e. The maximum atomic E-state index is 12.7. The molecule has 0 radical (unpaired) electrons. The van der Waals surface area contributed by atoms with Crippen molar-refractivity contribution in [3.05, 3.63) is 113 Å². The van der Waals surface area contributed by atoms with E-state index in [0.717, 1.165) is 44.1 Å². The fourth-order valence-corrected chi connectivity index (χ4v) is 6.06. The van der Waals surface area contributed by atoms with Crippen molar-refractivity contribution in [1.82, 2.24) is 4.98 Å². The van der Waals surface area contributed by atoms with Crippen LogP contribution in [0.3, 0.4) is 0 Å². The lowest BCUT2D eigenvalue weighted by Crippen LogP contribution is -2.47. The first kappa shape index (κ1) is 26.0. The van der Waals surface area contributed by atoms with Crippen LogP contribution in [0.4, 0.5) is 5.69 Å². The van der Waals surface area contributed by atoms with Crippen molar-refractivity contribution in [2.24, 2.45) is 10.9 Å². The molecule has 0 spiro atoms. The predicted octanol–water partition coefficient (Wildman–Crippen LogP) is 7.45. The smallest absolute Gasteiger partial charge is 0.351 e. The minimum absolute atomic E-state index is 0.103. The van der Waals surface area contributed by atoms with Gasteiger partial charge in [-0.2, -0.15) is 0 Å². The van der Waals surface area contributed by atoms with Crippen LogP contribution in [-0.2, 0) is 32.9 Å². The van der Waals surface area contributed by atoms with Gasteiger partial charge in [-0.05, 0) is 48.2 Å². The number of aryl methyl sites for hydroxylation is 1. The molecule has 5 aromatic rings. The van der Waals surface area contributed by atoms with E-state index in [-0.39, 0.29) is 11.6 Å². The van der Waals surface area contributed by atoms with Crippen molar-refractivity contribution in [3.8, 4) is 0 Å². The topological polar surface area (TPSA) is 83.9 Å². The van der Waals surface area contributed by atoms with Crippen LogP contribution in [0.25, 0.3) is 21.8 Å². The lowest BCUT2D eigenvalue weighted by Gasteiger charge is -2.38. The predicted molar refractivity (Wildman–Crippen MR) is 158 cm³/mol. The van der Waals surface area contributed by atoms with Gasteiger partial charge in [-0.1, -0.05) is 85.8 Å². The molecule has 1 aromatic heterocycles. The number of para-hydroxylation sites is 1. The van der Waals surface area contributed by atoms with E-state index in [1.807, 2.05) is 99.6 Å². The molecule has 2 N–H and O–H groups in total. The van der Waals surface area contributed by atoms with Gasteiger partial charge in [0.2, 0.25) is 0 Å². The van der Waals surface area contributed by atoms with Gasteiger partial charge >= 0.3 is 5.97 Å². The minimum atomic E-state index is -1.04. The first-order valence-electron chi connectivity index (χ1n) is 13.6. The zero-order chi connectivity index (χ0) is 27.9. The molecule has 0 fully saturated rings. The van der Waals surface area contributed by atoms with E-state index >= 15 is 0 Å².